The van der Waals surface area contributed by atoms with E-state index in [1.54, 1.807) is 91.0 Å². The molecule has 4 aromatic carbocycles. The maximum absolute atomic E-state index is 13.8. The second kappa shape index (κ2) is 8.47. The van der Waals surface area contributed by atoms with E-state index in [1.165, 1.54) is 0 Å². The van der Waals surface area contributed by atoms with Crippen molar-refractivity contribution in [2.75, 3.05) is 0 Å². The van der Waals surface area contributed by atoms with E-state index in [2.05, 4.69) is 0 Å². The molecule has 0 aliphatic heterocycles. The van der Waals surface area contributed by atoms with E-state index >= 15 is 0 Å². The maximum atomic E-state index is 13.8. The SMILES string of the molecule is FC(F)(F)c1cc([B-](c2ccccc2)(c2ccccc2)c2ccccc2)cc(C(F)(F)F)c1.[H+]. The molecule has 33 heavy (non-hydrogen) atoms. The monoisotopic (exact) mass is 456 g/mol. The Morgan fingerprint density at radius 2 is 0.727 bits per heavy atom. The van der Waals surface area contributed by atoms with Crippen molar-refractivity contribution in [1.29, 1.82) is 0 Å². The van der Waals surface area contributed by atoms with Gasteiger partial charge in [-0.05, 0) is 6.07 Å². The van der Waals surface area contributed by atoms with Crippen LogP contribution in [0.4, 0.5) is 26.3 Å². The largest absolute Gasteiger partial charge is 1.00 e. The third-order valence-electron chi connectivity index (χ3n) is 6.01. The lowest BCUT2D eigenvalue weighted by Crippen LogP contribution is -2.74. The topological polar surface area (TPSA) is 0 Å². The third kappa shape index (κ3) is 4.27. The lowest BCUT2D eigenvalue weighted by Gasteiger charge is -2.44. The first kappa shape index (κ1) is 22.7. The first-order valence-electron chi connectivity index (χ1n) is 10.3. The molecule has 0 saturated carbocycles. The van der Waals surface area contributed by atoms with Crippen molar-refractivity contribution in [2.24, 2.45) is 0 Å². The second-order valence-electron chi connectivity index (χ2n) is 7.94. The molecular weight excluding hydrogens is 437 g/mol. The van der Waals surface area contributed by atoms with Gasteiger partial charge in [-0.3, -0.25) is 0 Å². The van der Waals surface area contributed by atoms with Gasteiger partial charge >= 0.3 is 13.8 Å². The van der Waals surface area contributed by atoms with Crippen molar-refractivity contribution in [3.8, 4) is 0 Å². The summed E-state index contributed by atoms with van der Waals surface area (Å²) in [4.78, 5) is 0. The number of hydrogen-bond acceptors (Lipinski definition) is 0. The molecule has 0 heterocycles. The Kier molecular flexibility index (Phi) is 5.83. The van der Waals surface area contributed by atoms with Gasteiger partial charge in [-0.15, -0.1) is 0 Å². The molecule has 0 aliphatic rings. The Balaban J connectivity index is 0.00000324. The van der Waals surface area contributed by atoms with Crippen molar-refractivity contribution in [2.45, 2.75) is 12.4 Å². The average Bonchev–Trinajstić information content (AvgIpc) is 2.80. The summed E-state index contributed by atoms with van der Waals surface area (Å²) < 4.78 is 82.6. The lowest BCUT2D eigenvalue weighted by atomic mass is 9.13. The smallest absolute Gasteiger partial charge is 0.195 e. The molecular formula is C26H19BF6. The van der Waals surface area contributed by atoms with Crippen LogP contribution in [0.5, 0.6) is 0 Å². The van der Waals surface area contributed by atoms with Crippen LogP contribution in [0, 0.1) is 0 Å². The van der Waals surface area contributed by atoms with Gasteiger partial charge in [-0.25, -0.2) is 0 Å². The van der Waals surface area contributed by atoms with Gasteiger partial charge in [0.15, 0.2) is 0 Å². The van der Waals surface area contributed by atoms with Crippen molar-refractivity contribution in [3.05, 3.63) is 120 Å². The standard InChI is InChI=1S/C26H18BF6/c28-25(29,30)19-16-20(26(31,32)33)18-24(17-19)27(21-10-4-1-5-11-21,22-12-6-2-7-13-22)23-14-8-3-9-15-23/h1-18H/q-1/p+1. The number of alkyl halides is 6. The van der Waals surface area contributed by atoms with Gasteiger partial charge < -0.3 is 0 Å². The van der Waals surface area contributed by atoms with Crippen LogP contribution in [0.3, 0.4) is 0 Å². The van der Waals surface area contributed by atoms with Crippen LogP contribution < -0.4 is 21.9 Å². The average molecular weight is 456 g/mol. The van der Waals surface area contributed by atoms with E-state index in [-0.39, 0.29) is 13.0 Å². The number of benzene rings is 4. The van der Waals surface area contributed by atoms with Gasteiger partial charge in [0.1, 0.15) is 6.15 Å². The van der Waals surface area contributed by atoms with Gasteiger partial charge in [-0.2, -0.15) is 48.2 Å². The van der Waals surface area contributed by atoms with Crippen LogP contribution in [-0.4, -0.2) is 6.15 Å². The number of rotatable bonds is 4. The third-order valence-corrected chi connectivity index (χ3v) is 6.01. The van der Waals surface area contributed by atoms with Crippen molar-refractivity contribution in [1.82, 2.24) is 0 Å². The highest BCUT2D eigenvalue weighted by atomic mass is 19.4. The summed E-state index contributed by atoms with van der Waals surface area (Å²) in [6.45, 7) is 0. The summed E-state index contributed by atoms with van der Waals surface area (Å²) in [7, 11) is 0. The molecule has 0 fully saturated rings. The zero-order chi connectivity index (χ0) is 23.7. The van der Waals surface area contributed by atoms with E-state index in [1.807, 2.05) is 0 Å². The van der Waals surface area contributed by atoms with Crippen LogP contribution in [0.1, 0.15) is 12.6 Å². The van der Waals surface area contributed by atoms with Gasteiger partial charge in [0.25, 0.3) is 0 Å². The van der Waals surface area contributed by atoms with Gasteiger partial charge in [0.2, 0.25) is 0 Å². The van der Waals surface area contributed by atoms with Crippen LogP contribution >= 0.6 is 0 Å². The second-order valence-corrected chi connectivity index (χ2v) is 7.94. The summed E-state index contributed by atoms with van der Waals surface area (Å²) in [5.74, 6) is 0. The highest BCUT2D eigenvalue weighted by Gasteiger charge is 2.40. The van der Waals surface area contributed by atoms with E-state index in [0.29, 0.717) is 16.4 Å². The molecule has 0 amide bonds. The zero-order valence-corrected chi connectivity index (χ0v) is 17.2. The van der Waals surface area contributed by atoms with Crippen LogP contribution in [0.2, 0.25) is 0 Å². The first-order valence-corrected chi connectivity index (χ1v) is 10.3. The summed E-state index contributed by atoms with van der Waals surface area (Å²) in [5, 5.41) is 0. The quantitative estimate of drug-likeness (QED) is 0.292. The van der Waals surface area contributed by atoms with E-state index in [0.717, 1.165) is 12.1 Å². The fourth-order valence-electron chi connectivity index (χ4n) is 4.61. The highest BCUT2D eigenvalue weighted by molar-refractivity contribution is 7.19. The number of halogens is 6. The minimum Gasteiger partial charge on any atom is -0.195 e. The molecule has 7 heteroatoms. The molecule has 0 spiro atoms. The predicted octanol–water partition coefficient (Wildman–Crippen LogP) is 5.21. The van der Waals surface area contributed by atoms with Gasteiger partial charge in [0.05, 0.1) is 11.1 Å². The molecule has 0 saturated heterocycles. The number of hydrogen-bond donors (Lipinski definition) is 0. The molecule has 0 bridgehead atoms. The fourth-order valence-corrected chi connectivity index (χ4v) is 4.61. The summed E-state index contributed by atoms with van der Waals surface area (Å²) in [6, 6.07) is 28.0. The van der Waals surface area contributed by atoms with Crippen molar-refractivity contribution < 1.29 is 27.8 Å². The Bertz CT molecular complexity index is 1090. The van der Waals surface area contributed by atoms with Crippen molar-refractivity contribution in [3.63, 3.8) is 0 Å². The van der Waals surface area contributed by atoms with Crippen LogP contribution in [-0.2, 0) is 12.4 Å². The van der Waals surface area contributed by atoms with Crippen LogP contribution in [0.25, 0.3) is 0 Å². The molecule has 0 nitrogen and oxygen atoms in total. The molecule has 4 rings (SSSR count). The normalized spacial score (nSPS) is 12.5. The molecule has 168 valence electrons. The maximum Gasteiger partial charge on any atom is 1.00 e. The van der Waals surface area contributed by atoms with E-state index in [4.69, 9.17) is 0 Å². The highest BCUT2D eigenvalue weighted by Crippen LogP contribution is 2.35. The molecule has 0 unspecified atom stereocenters. The minimum atomic E-state index is -4.94. The van der Waals surface area contributed by atoms with E-state index in [9.17, 15) is 26.3 Å². The lowest BCUT2D eigenvalue weighted by molar-refractivity contribution is -0.142. The van der Waals surface area contributed by atoms with Gasteiger partial charge in [0, 0.05) is 0 Å². The Hall–Kier alpha value is -3.48. The van der Waals surface area contributed by atoms with E-state index < -0.39 is 29.6 Å². The predicted molar refractivity (Wildman–Crippen MR) is 121 cm³/mol. The molecule has 0 aliphatic carbocycles. The molecule has 0 atom stereocenters. The molecule has 0 aromatic heterocycles. The summed E-state index contributed by atoms with van der Waals surface area (Å²) >= 11 is 0. The van der Waals surface area contributed by atoms with Gasteiger partial charge in [-0.1, -0.05) is 103 Å². The Morgan fingerprint density at radius 1 is 0.424 bits per heavy atom. The fraction of sp³-hybridized carbons (Fsp3) is 0.0769. The molecule has 4 aromatic rings. The molecule has 0 radical (unpaired) electrons. The Morgan fingerprint density at radius 3 is 1.00 bits per heavy atom. The molecule has 0 N–H and O–H groups in total. The van der Waals surface area contributed by atoms with Crippen LogP contribution in [0.15, 0.2) is 109 Å². The zero-order valence-electron chi connectivity index (χ0n) is 18.2. The summed E-state index contributed by atoms with van der Waals surface area (Å²) in [5.41, 5.74) is -0.879. The summed E-state index contributed by atoms with van der Waals surface area (Å²) in [6.07, 6.45) is -12.2. The Labute approximate surface area is 188 Å². The minimum absolute atomic E-state index is 0. The first-order chi connectivity index (χ1) is 15.6. The van der Waals surface area contributed by atoms with Crippen molar-refractivity contribution >= 4 is 28.0 Å².